The van der Waals surface area contributed by atoms with Crippen LogP contribution in [0.2, 0.25) is 0 Å². The summed E-state index contributed by atoms with van der Waals surface area (Å²) in [6, 6.07) is 38.2. The fraction of sp³-hybridized carbons (Fsp3) is 0. The number of nitrogens with zero attached hydrogens (tertiary/aromatic N) is 3. The Morgan fingerprint density at radius 2 is 0.683 bits per heavy atom. The normalized spacial score (nSPS) is 11.4. The van der Waals surface area contributed by atoms with Gasteiger partial charge in [0, 0.05) is 26.1 Å². The van der Waals surface area contributed by atoms with Crippen LogP contribution in [0.1, 0.15) is 0 Å². The highest BCUT2D eigenvalue weighted by Crippen LogP contribution is 2.32. The zero-order chi connectivity index (χ0) is 42.1. The molecule has 0 fully saturated rings. The minimum atomic E-state index is 0.657. The van der Waals surface area contributed by atoms with Crippen molar-refractivity contribution in [3.63, 3.8) is 0 Å². The molecule has 7 aromatic carbocycles. The van der Waals surface area contributed by atoms with Gasteiger partial charge in [-0.2, -0.15) is 0 Å². The number of aromatic nitrogens is 3. The van der Waals surface area contributed by atoms with E-state index in [1.807, 2.05) is 11.3 Å². The van der Waals surface area contributed by atoms with Crippen LogP contribution in [0.15, 0.2) is 109 Å². The maximum Gasteiger partial charge on any atom is 0.164 e. The standard InChI is InChI=1S/C45H40B11N3S/c46-30-25(26-31(47)33(49)27-28-34(50)38(54)39(55)40(56)42(28)60-41(27)36(26)52)32(48)37(53)35(51)29(30)45-58-43(22-16-14-21(15-17-22)19-8-3-1-4-9-19)57-44(59-45)24-13-7-12-23(18-24)20-10-5-2-6-11-20/h1-18H,46-56H2. The molecule has 0 bridgehead atoms. The Morgan fingerprint density at radius 1 is 0.283 bits per heavy atom. The highest BCUT2D eigenvalue weighted by Gasteiger charge is 2.26. The molecule has 0 spiro atoms. The van der Waals surface area contributed by atoms with Crippen molar-refractivity contribution in [1.29, 1.82) is 0 Å². The van der Waals surface area contributed by atoms with E-state index >= 15 is 0 Å². The highest BCUT2D eigenvalue weighted by molar-refractivity contribution is 7.28. The monoisotopic (exact) mass is 775 g/mol. The third-order valence-electron chi connectivity index (χ3n) is 13.6. The largest absolute Gasteiger partial charge is 0.208 e. The number of thiophene rings is 1. The quantitative estimate of drug-likeness (QED) is 0.158. The average Bonchev–Trinajstić information content (AvgIpc) is 3.69. The van der Waals surface area contributed by atoms with Crippen LogP contribution in [0.3, 0.4) is 0 Å². The van der Waals surface area contributed by atoms with Crippen molar-refractivity contribution in [3.8, 4) is 67.5 Å². The molecule has 15 heteroatoms. The summed E-state index contributed by atoms with van der Waals surface area (Å²) < 4.78 is 2.81. The van der Waals surface area contributed by atoms with Crippen LogP contribution < -0.4 is 60.1 Å². The van der Waals surface area contributed by atoms with E-state index in [1.54, 1.807) is 0 Å². The lowest BCUT2D eigenvalue weighted by molar-refractivity contribution is 1.08. The van der Waals surface area contributed by atoms with Crippen LogP contribution in [0.5, 0.6) is 0 Å². The van der Waals surface area contributed by atoms with Crippen molar-refractivity contribution in [2.75, 3.05) is 0 Å². The third-order valence-corrected chi connectivity index (χ3v) is 15.0. The average molecular weight is 774 g/mol. The lowest BCUT2D eigenvalue weighted by Gasteiger charge is -2.26. The summed E-state index contributed by atoms with van der Waals surface area (Å²) in [5, 5.41) is 2.85. The molecule has 0 radical (unpaired) electrons. The van der Waals surface area contributed by atoms with Crippen molar-refractivity contribution in [2.24, 2.45) is 0 Å². The molecule has 274 valence electrons. The van der Waals surface area contributed by atoms with Gasteiger partial charge >= 0.3 is 0 Å². The zero-order valence-corrected chi connectivity index (χ0v) is 37.5. The van der Waals surface area contributed by atoms with Gasteiger partial charge in [-0.05, 0) is 50.2 Å². The fourth-order valence-corrected chi connectivity index (χ4v) is 10.9. The van der Waals surface area contributed by atoms with Crippen LogP contribution in [-0.4, -0.2) is 101 Å². The smallest absolute Gasteiger partial charge is 0.164 e. The van der Waals surface area contributed by atoms with Crippen molar-refractivity contribution in [3.05, 3.63) is 109 Å². The number of hydrogen-bond donors (Lipinski definition) is 0. The van der Waals surface area contributed by atoms with Crippen LogP contribution in [0, 0.1) is 0 Å². The summed E-state index contributed by atoms with van der Waals surface area (Å²) in [4.78, 5) is 16.0. The Kier molecular flexibility index (Phi) is 10.3. The highest BCUT2D eigenvalue weighted by atomic mass is 32.1. The Hall–Kier alpha value is -5.52. The summed E-state index contributed by atoms with van der Waals surface area (Å²) in [6.07, 6.45) is 0. The maximum absolute atomic E-state index is 5.38. The van der Waals surface area contributed by atoms with Gasteiger partial charge in [0.15, 0.2) is 17.5 Å². The molecule has 2 aromatic heterocycles. The lowest BCUT2D eigenvalue weighted by Crippen LogP contribution is -2.48. The van der Waals surface area contributed by atoms with E-state index in [0.717, 1.165) is 33.4 Å². The molecule has 0 aliphatic carbocycles. The van der Waals surface area contributed by atoms with Gasteiger partial charge in [0.1, 0.15) is 86.3 Å². The molecule has 2 heterocycles. The van der Waals surface area contributed by atoms with Gasteiger partial charge in [-0.3, -0.25) is 0 Å². The maximum atomic E-state index is 5.38. The molecule has 60 heavy (non-hydrogen) atoms. The summed E-state index contributed by atoms with van der Waals surface area (Å²) in [6.45, 7) is 0. The topological polar surface area (TPSA) is 38.7 Å². The molecule has 0 N–H and O–H groups in total. The molecule has 0 aliphatic rings. The first kappa shape index (κ1) is 39.9. The first-order valence-electron chi connectivity index (χ1n) is 21.0. The summed E-state index contributed by atoms with van der Waals surface area (Å²) in [5.74, 6) is 2.01. The van der Waals surface area contributed by atoms with Crippen molar-refractivity contribution in [1.82, 2.24) is 15.0 Å². The van der Waals surface area contributed by atoms with E-state index in [-0.39, 0.29) is 0 Å². The van der Waals surface area contributed by atoms with Crippen LogP contribution >= 0.6 is 11.3 Å². The van der Waals surface area contributed by atoms with Crippen molar-refractivity contribution in [2.45, 2.75) is 0 Å². The van der Waals surface area contributed by atoms with Gasteiger partial charge in [-0.25, -0.2) is 15.0 Å². The molecule has 3 nitrogen and oxygen atoms in total. The second kappa shape index (κ2) is 15.5. The van der Waals surface area contributed by atoms with Crippen LogP contribution in [0.4, 0.5) is 0 Å². The number of hydrogen-bond acceptors (Lipinski definition) is 4. The predicted molar refractivity (Wildman–Crippen MR) is 295 cm³/mol. The fourth-order valence-electron chi connectivity index (χ4n) is 9.45. The number of benzene rings is 7. The lowest BCUT2D eigenvalue weighted by atomic mass is 9.59. The van der Waals surface area contributed by atoms with E-state index in [9.17, 15) is 0 Å². The summed E-state index contributed by atoms with van der Waals surface area (Å²) >= 11 is 1.97. The summed E-state index contributed by atoms with van der Waals surface area (Å²) in [7, 11) is 25.3. The third kappa shape index (κ3) is 6.48. The van der Waals surface area contributed by atoms with Gasteiger partial charge in [-0.1, -0.05) is 147 Å². The Labute approximate surface area is 367 Å². The van der Waals surface area contributed by atoms with Gasteiger partial charge in [0.05, 0.1) is 0 Å². The van der Waals surface area contributed by atoms with E-state index in [4.69, 9.17) is 15.0 Å². The van der Waals surface area contributed by atoms with Crippen LogP contribution in [-0.2, 0) is 0 Å². The molecule has 0 saturated heterocycles. The van der Waals surface area contributed by atoms with E-state index in [2.05, 4.69) is 196 Å². The molecule has 0 saturated carbocycles. The first-order chi connectivity index (χ1) is 28.8. The van der Waals surface area contributed by atoms with E-state index < -0.39 is 0 Å². The second-order valence-corrected chi connectivity index (χ2v) is 17.7. The predicted octanol–water partition coefficient (Wildman–Crippen LogP) is -6.92. The van der Waals surface area contributed by atoms with E-state index in [0.29, 0.717) is 17.5 Å². The molecule has 0 atom stereocenters. The van der Waals surface area contributed by atoms with Gasteiger partial charge in [-0.15, -0.1) is 27.7 Å². The van der Waals surface area contributed by atoms with Crippen LogP contribution in [0.25, 0.3) is 87.7 Å². The molecule has 9 aromatic rings. The molecule has 0 aliphatic heterocycles. The molecular weight excluding hydrogens is 734 g/mol. The number of fused-ring (bicyclic) bond motifs is 3. The molecular formula is C45H40B11N3S. The van der Waals surface area contributed by atoms with Crippen molar-refractivity contribution >= 4 is 178 Å². The number of rotatable bonds is 6. The first-order valence-corrected chi connectivity index (χ1v) is 21.8. The zero-order valence-electron chi connectivity index (χ0n) is 36.6. The minimum absolute atomic E-state index is 0.657. The van der Waals surface area contributed by atoms with Crippen molar-refractivity contribution < 1.29 is 0 Å². The van der Waals surface area contributed by atoms with Gasteiger partial charge in [0.2, 0.25) is 0 Å². The Bertz CT molecular complexity index is 3210. The Balaban J connectivity index is 1.29. The van der Waals surface area contributed by atoms with Gasteiger partial charge in [0.25, 0.3) is 0 Å². The molecule has 0 amide bonds. The van der Waals surface area contributed by atoms with Gasteiger partial charge < -0.3 is 0 Å². The molecule has 9 rings (SSSR count). The Morgan fingerprint density at radius 3 is 1.32 bits per heavy atom. The summed E-state index contributed by atoms with van der Waals surface area (Å²) in [5.41, 5.74) is 24.8. The molecule has 0 unspecified atom stereocenters. The second-order valence-electron chi connectivity index (χ2n) is 16.7. The minimum Gasteiger partial charge on any atom is -0.208 e. The SMILES string of the molecule is Bc1c(B)c(-c2nc(-c3ccc(-c4ccccc4)cc3)nc(-c3cccc(-c4ccccc4)c3)n2)c(B)c(-c2c(B)c(B)c3c(sc4c(B)c(B)c(B)c(B)c43)c2B)c1B. The van der Waals surface area contributed by atoms with E-state index in [1.165, 1.54) is 97.0 Å².